The molecule has 0 aliphatic carbocycles. The summed E-state index contributed by atoms with van der Waals surface area (Å²) < 4.78 is 0. The summed E-state index contributed by atoms with van der Waals surface area (Å²) in [6, 6.07) is 4.99. The van der Waals surface area contributed by atoms with Crippen LogP contribution in [0, 0.1) is 5.41 Å². The Morgan fingerprint density at radius 3 is 2.28 bits per heavy atom. The van der Waals surface area contributed by atoms with Gasteiger partial charge in [-0.1, -0.05) is 50.0 Å². The quantitative estimate of drug-likeness (QED) is 0.878. The number of aliphatic hydroxyl groups excluding tert-OH is 1. The first-order valence-corrected chi connectivity index (χ1v) is 6.36. The van der Waals surface area contributed by atoms with Crippen molar-refractivity contribution in [3.63, 3.8) is 0 Å². The lowest BCUT2D eigenvalue weighted by atomic mass is 9.83. The normalized spacial score (nSPS) is 14.8. The van der Waals surface area contributed by atoms with Gasteiger partial charge in [0.1, 0.15) is 0 Å². The highest BCUT2D eigenvalue weighted by molar-refractivity contribution is 6.35. The third kappa shape index (κ3) is 4.94. The minimum atomic E-state index is -0.658. The van der Waals surface area contributed by atoms with Crippen molar-refractivity contribution in [3.05, 3.63) is 33.8 Å². The van der Waals surface area contributed by atoms with Gasteiger partial charge < -0.3 is 10.8 Å². The Labute approximate surface area is 125 Å². The molecule has 2 atom stereocenters. The fourth-order valence-corrected chi connectivity index (χ4v) is 2.03. The van der Waals surface area contributed by atoms with E-state index in [0.29, 0.717) is 22.0 Å². The predicted molar refractivity (Wildman–Crippen MR) is 80.7 cm³/mol. The molecule has 1 rings (SSSR count). The predicted octanol–water partition coefficient (Wildman–Crippen LogP) is 4.21. The minimum Gasteiger partial charge on any atom is -0.388 e. The maximum Gasteiger partial charge on any atom is 0.0819 e. The average molecular weight is 313 g/mol. The van der Waals surface area contributed by atoms with Crippen molar-refractivity contribution < 1.29 is 5.11 Å². The van der Waals surface area contributed by atoms with Crippen molar-refractivity contribution in [3.8, 4) is 0 Å². The van der Waals surface area contributed by atoms with Crippen LogP contribution in [-0.4, -0.2) is 11.1 Å². The van der Waals surface area contributed by atoms with Crippen LogP contribution in [-0.2, 0) is 0 Å². The maximum atomic E-state index is 10.1. The Morgan fingerprint density at radius 1 is 1.28 bits per heavy atom. The second-order valence-electron chi connectivity index (χ2n) is 5.39. The van der Waals surface area contributed by atoms with Gasteiger partial charge in [-0.05, 0) is 29.5 Å². The van der Waals surface area contributed by atoms with Gasteiger partial charge in [0.05, 0.1) is 6.10 Å². The summed E-state index contributed by atoms with van der Waals surface area (Å²) >= 11 is 11.8. The molecule has 5 heteroatoms. The number of hydrogen-bond donors (Lipinski definition) is 2. The zero-order valence-corrected chi connectivity index (χ0v) is 13.1. The van der Waals surface area contributed by atoms with Crippen LogP contribution in [0.1, 0.15) is 38.9 Å². The summed E-state index contributed by atoms with van der Waals surface area (Å²) in [5.74, 6) is 0. The molecule has 0 saturated carbocycles. The molecular formula is C13H20Cl3NO. The molecule has 0 aromatic heterocycles. The van der Waals surface area contributed by atoms with E-state index in [0.717, 1.165) is 0 Å². The van der Waals surface area contributed by atoms with E-state index in [2.05, 4.69) is 0 Å². The van der Waals surface area contributed by atoms with Crippen molar-refractivity contribution in [2.75, 3.05) is 0 Å². The smallest absolute Gasteiger partial charge is 0.0819 e. The summed E-state index contributed by atoms with van der Waals surface area (Å²) in [7, 11) is 0. The SMILES string of the molecule is CC(C)(C)[C@@H](N)C[C@H](O)c1ccc(Cl)cc1Cl.Cl. The number of benzene rings is 1. The van der Waals surface area contributed by atoms with Gasteiger partial charge in [0.2, 0.25) is 0 Å². The Morgan fingerprint density at radius 2 is 1.83 bits per heavy atom. The van der Waals surface area contributed by atoms with Crippen LogP contribution in [0.25, 0.3) is 0 Å². The monoisotopic (exact) mass is 311 g/mol. The third-order valence-electron chi connectivity index (χ3n) is 2.91. The van der Waals surface area contributed by atoms with Crippen LogP contribution in [0.5, 0.6) is 0 Å². The van der Waals surface area contributed by atoms with Crippen LogP contribution < -0.4 is 5.73 Å². The molecule has 0 bridgehead atoms. The third-order valence-corrected chi connectivity index (χ3v) is 3.47. The molecule has 1 aromatic carbocycles. The standard InChI is InChI=1S/C13H19Cl2NO.ClH/c1-13(2,3)12(16)7-11(17)9-5-4-8(14)6-10(9)15;/h4-6,11-12,17H,7,16H2,1-3H3;1H/t11-,12-;/m0./s1. The Bertz CT molecular complexity index is 390. The Balaban J connectivity index is 0.00000289. The molecule has 18 heavy (non-hydrogen) atoms. The van der Waals surface area contributed by atoms with E-state index >= 15 is 0 Å². The summed E-state index contributed by atoms with van der Waals surface area (Å²) in [5, 5.41) is 11.2. The summed E-state index contributed by atoms with van der Waals surface area (Å²) in [6.07, 6.45) is -0.181. The summed E-state index contributed by atoms with van der Waals surface area (Å²) in [6.45, 7) is 6.15. The van der Waals surface area contributed by atoms with Crippen molar-refractivity contribution in [2.45, 2.75) is 39.3 Å². The number of rotatable bonds is 3. The Kier molecular flexibility index (Phi) is 6.97. The number of aliphatic hydroxyl groups is 1. The molecular weight excluding hydrogens is 293 g/mol. The maximum absolute atomic E-state index is 10.1. The number of nitrogens with two attached hydrogens (primary N) is 1. The lowest BCUT2D eigenvalue weighted by molar-refractivity contribution is 0.133. The minimum absolute atomic E-state index is 0. The van der Waals surface area contributed by atoms with Crippen LogP contribution in [0.4, 0.5) is 0 Å². The van der Waals surface area contributed by atoms with E-state index in [1.165, 1.54) is 0 Å². The highest BCUT2D eigenvalue weighted by Gasteiger charge is 2.24. The molecule has 0 unspecified atom stereocenters. The molecule has 0 fully saturated rings. The molecule has 0 spiro atoms. The van der Waals surface area contributed by atoms with Gasteiger partial charge in [0, 0.05) is 16.1 Å². The highest BCUT2D eigenvalue weighted by Crippen LogP contribution is 2.31. The zero-order valence-electron chi connectivity index (χ0n) is 10.8. The molecule has 0 radical (unpaired) electrons. The zero-order chi connectivity index (χ0) is 13.2. The highest BCUT2D eigenvalue weighted by atomic mass is 35.5. The molecule has 0 amide bonds. The topological polar surface area (TPSA) is 46.2 Å². The van der Waals surface area contributed by atoms with E-state index in [1.807, 2.05) is 20.8 Å². The lowest BCUT2D eigenvalue weighted by Gasteiger charge is -2.29. The Hall–Kier alpha value is 0.01000. The van der Waals surface area contributed by atoms with E-state index in [-0.39, 0.29) is 23.9 Å². The molecule has 0 heterocycles. The van der Waals surface area contributed by atoms with Gasteiger partial charge in [0.25, 0.3) is 0 Å². The van der Waals surface area contributed by atoms with Crippen molar-refractivity contribution in [2.24, 2.45) is 11.1 Å². The fourth-order valence-electron chi connectivity index (χ4n) is 1.49. The largest absolute Gasteiger partial charge is 0.388 e. The fraction of sp³-hybridized carbons (Fsp3) is 0.538. The van der Waals surface area contributed by atoms with Gasteiger partial charge in [-0.3, -0.25) is 0 Å². The summed E-state index contributed by atoms with van der Waals surface area (Å²) in [5.41, 5.74) is 6.67. The molecule has 2 nitrogen and oxygen atoms in total. The molecule has 104 valence electrons. The van der Waals surface area contributed by atoms with Gasteiger partial charge >= 0.3 is 0 Å². The number of halogens is 3. The van der Waals surface area contributed by atoms with Crippen LogP contribution in [0.3, 0.4) is 0 Å². The molecule has 0 saturated heterocycles. The van der Waals surface area contributed by atoms with Gasteiger partial charge in [-0.25, -0.2) is 0 Å². The second-order valence-corrected chi connectivity index (χ2v) is 6.23. The molecule has 3 N–H and O–H groups in total. The van der Waals surface area contributed by atoms with Crippen molar-refractivity contribution in [1.82, 2.24) is 0 Å². The number of hydrogen-bond acceptors (Lipinski definition) is 2. The first-order valence-electron chi connectivity index (χ1n) is 5.60. The van der Waals surface area contributed by atoms with Crippen LogP contribution in [0.2, 0.25) is 10.0 Å². The van der Waals surface area contributed by atoms with Crippen molar-refractivity contribution in [1.29, 1.82) is 0 Å². The van der Waals surface area contributed by atoms with E-state index in [1.54, 1.807) is 18.2 Å². The van der Waals surface area contributed by atoms with Crippen molar-refractivity contribution >= 4 is 35.6 Å². The average Bonchev–Trinajstić information content (AvgIpc) is 2.15. The van der Waals surface area contributed by atoms with Gasteiger partial charge in [-0.15, -0.1) is 12.4 Å². The van der Waals surface area contributed by atoms with E-state index in [4.69, 9.17) is 28.9 Å². The second kappa shape index (κ2) is 6.97. The molecule has 1 aromatic rings. The van der Waals surface area contributed by atoms with E-state index < -0.39 is 6.10 Å². The molecule has 0 aliphatic rings. The first kappa shape index (κ1) is 18.0. The lowest BCUT2D eigenvalue weighted by Crippen LogP contribution is -2.36. The van der Waals surface area contributed by atoms with Crippen LogP contribution in [0.15, 0.2) is 18.2 Å². The molecule has 0 aliphatic heterocycles. The summed E-state index contributed by atoms with van der Waals surface area (Å²) in [4.78, 5) is 0. The van der Waals surface area contributed by atoms with Crippen LogP contribution >= 0.6 is 35.6 Å². The van der Waals surface area contributed by atoms with Gasteiger partial charge in [-0.2, -0.15) is 0 Å². The van der Waals surface area contributed by atoms with E-state index in [9.17, 15) is 5.11 Å². The van der Waals surface area contributed by atoms with Gasteiger partial charge in [0.15, 0.2) is 0 Å². The first-order chi connectivity index (χ1) is 7.71.